The maximum atomic E-state index is 5.57. The number of rotatable bonds is 4. The summed E-state index contributed by atoms with van der Waals surface area (Å²) in [5.41, 5.74) is 6.74. The third kappa shape index (κ3) is 3.36. The first-order valence-corrected chi connectivity index (χ1v) is 6.25. The second-order valence-corrected chi connectivity index (χ2v) is 4.89. The molecule has 17 heavy (non-hydrogen) atoms. The van der Waals surface area contributed by atoms with Crippen LogP contribution in [-0.4, -0.2) is 5.84 Å². The molecule has 0 aromatic heterocycles. The summed E-state index contributed by atoms with van der Waals surface area (Å²) in [6, 6.07) is 18.5. The van der Waals surface area contributed by atoms with E-state index in [0.29, 0.717) is 12.3 Å². The number of hydrogen-bond acceptors (Lipinski definition) is 1. The molecule has 2 nitrogen and oxygen atoms in total. The smallest absolute Gasteiger partial charge is 0.242 e. The third-order valence-corrected chi connectivity index (χ3v) is 3.46. The highest BCUT2D eigenvalue weighted by Crippen LogP contribution is 2.30. The second-order valence-electron chi connectivity index (χ2n) is 3.77. The highest BCUT2D eigenvalue weighted by Gasteiger charge is 2.06. The summed E-state index contributed by atoms with van der Waals surface area (Å²) in [5, 5.41) is 5.57. The van der Waals surface area contributed by atoms with E-state index in [0.717, 1.165) is 0 Å². The van der Waals surface area contributed by atoms with Crippen molar-refractivity contribution < 1.29 is 5.41 Å². The van der Waals surface area contributed by atoms with E-state index in [2.05, 4.69) is 24.3 Å². The maximum absolute atomic E-state index is 5.57. The second kappa shape index (κ2) is 5.55. The molecule has 0 radical (unpaired) electrons. The van der Waals surface area contributed by atoms with E-state index in [9.17, 15) is 0 Å². The van der Waals surface area contributed by atoms with Crippen molar-refractivity contribution in [3.8, 4) is 0 Å². The first-order valence-electron chi connectivity index (χ1n) is 5.43. The topological polar surface area (TPSA) is 51.6 Å². The van der Waals surface area contributed by atoms with Crippen molar-refractivity contribution in [1.82, 2.24) is 0 Å². The summed E-state index contributed by atoms with van der Waals surface area (Å²) < 4.78 is 0. The molecule has 2 aromatic rings. The minimum absolute atomic E-state index is 0.450. The van der Waals surface area contributed by atoms with Gasteiger partial charge in [-0.25, -0.2) is 0 Å². The van der Waals surface area contributed by atoms with Crippen LogP contribution in [-0.2, 0) is 6.42 Å². The standard InChI is InChI=1S/C14H14N2S/c15-14(16)10-11-6-4-5-9-13(11)17-12-7-2-1-3-8-12/h1-9H,10H2,(H3,15,16)/p+1. The highest BCUT2D eigenvalue weighted by atomic mass is 32.2. The Morgan fingerprint density at radius 3 is 2.35 bits per heavy atom. The zero-order valence-corrected chi connectivity index (χ0v) is 10.3. The van der Waals surface area contributed by atoms with Gasteiger partial charge in [0.25, 0.3) is 0 Å². The Balaban J connectivity index is 2.23. The number of amidine groups is 1. The Kier molecular flexibility index (Phi) is 3.83. The first-order chi connectivity index (χ1) is 8.25. The molecule has 0 fully saturated rings. The van der Waals surface area contributed by atoms with E-state index in [1.165, 1.54) is 15.4 Å². The van der Waals surface area contributed by atoms with Crippen LogP contribution in [0.5, 0.6) is 0 Å². The zero-order valence-electron chi connectivity index (χ0n) is 9.47. The van der Waals surface area contributed by atoms with Gasteiger partial charge in [-0.1, -0.05) is 48.2 Å². The summed E-state index contributed by atoms with van der Waals surface area (Å²) in [5.74, 6) is 0.450. The van der Waals surface area contributed by atoms with Gasteiger partial charge in [-0.2, -0.15) is 0 Å². The van der Waals surface area contributed by atoms with E-state index in [4.69, 9.17) is 11.1 Å². The number of benzene rings is 2. The lowest BCUT2D eigenvalue weighted by atomic mass is 10.1. The van der Waals surface area contributed by atoms with Gasteiger partial charge in [-0.3, -0.25) is 11.1 Å². The van der Waals surface area contributed by atoms with Crippen LogP contribution in [0.2, 0.25) is 0 Å². The predicted molar refractivity (Wildman–Crippen MR) is 71.8 cm³/mol. The Bertz CT molecular complexity index is 509. The van der Waals surface area contributed by atoms with Crippen LogP contribution in [0.15, 0.2) is 64.4 Å². The molecular formula is C14H15N2S+. The number of nitrogens with two attached hydrogens (primary N) is 2. The molecule has 4 N–H and O–H groups in total. The van der Waals surface area contributed by atoms with Crippen molar-refractivity contribution in [3.63, 3.8) is 0 Å². The lowest BCUT2D eigenvalue weighted by Gasteiger charge is -2.06. The summed E-state index contributed by atoms with van der Waals surface area (Å²) in [4.78, 5) is 2.42. The molecule has 0 atom stereocenters. The van der Waals surface area contributed by atoms with Gasteiger partial charge in [0.1, 0.15) is 0 Å². The van der Waals surface area contributed by atoms with Crippen LogP contribution < -0.4 is 11.1 Å². The monoisotopic (exact) mass is 243 g/mol. The summed E-state index contributed by atoms with van der Waals surface area (Å²) in [7, 11) is 0. The molecule has 86 valence electrons. The quantitative estimate of drug-likeness (QED) is 0.631. The fourth-order valence-electron chi connectivity index (χ4n) is 1.58. The summed E-state index contributed by atoms with van der Waals surface area (Å²) in [6.45, 7) is 0. The average Bonchev–Trinajstić information content (AvgIpc) is 2.32. The first kappa shape index (κ1) is 11.7. The normalized spacial score (nSPS) is 10.1. The van der Waals surface area contributed by atoms with Crippen LogP contribution >= 0.6 is 11.8 Å². The molecule has 0 aliphatic heterocycles. The van der Waals surface area contributed by atoms with Gasteiger partial charge in [-0.05, 0) is 23.8 Å². The molecule has 0 saturated heterocycles. The van der Waals surface area contributed by atoms with Crippen molar-refractivity contribution in [2.75, 3.05) is 0 Å². The zero-order chi connectivity index (χ0) is 12.1. The minimum atomic E-state index is 0.450. The predicted octanol–water partition coefficient (Wildman–Crippen LogP) is 1.50. The van der Waals surface area contributed by atoms with Crippen LogP contribution in [0, 0.1) is 0 Å². The molecule has 2 aromatic carbocycles. The van der Waals surface area contributed by atoms with Crippen molar-refractivity contribution in [3.05, 3.63) is 60.2 Å². The van der Waals surface area contributed by atoms with Gasteiger partial charge in [0.15, 0.2) is 0 Å². The lowest BCUT2D eigenvalue weighted by Crippen LogP contribution is -2.46. The van der Waals surface area contributed by atoms with E-state index in [1.54, 1.807) is 11.8 Å². The Morgan fingerprint density at radius 2 is 1.65 bits per heavy atom. The minimum Gasteiger partial charge on any atom is -0.291 e. The molecule has 0 amide bonds. The Labute approximate surface area is 105 Å². The molecule has 3 heteroatoms. The van der Waals surface area contributed by atoms with Crippen molar-refractivity contribution >= 4 is 17.6 Å². The van der Waals surface area contributed by atoms with Crippen molar-refractivity contribution in [2.24, 2.45) is 5.73 Å². The van der Waals surface area contributed by atoms with Gasteiger partial charge in [0, 0.05) is 9.79 Å². The van der Waals surface area contributed by atoms with Crippen LogP contribution in [0.3, 0.4) is 0 Å². The largest absolute Gasteiger partial charge is 0.291 e. The van der Waals surface area contributed by atoms with Gasteiger partial charge < -0.3 is 0 Å². The number of hydrogen-bond donors (Lipinski definition) is 2. The molecule has 0 spiro atoms. The summed E-state index contributed by atoms with van der Waals surface area (Å²) in [6.07, 6.45) is 0.621. The van der Waals surface area contributed by atoms with Crippen LogP contribution in [0.4, 0.5) is 0 Å². The SMILES string of the molecule is NC(=[NH2+])Cc1ccccc1Sc1ccccc1. The Morgan fingerprint density at radius 1 is 1.00 bits per heavy atom. The van der Waals surface area contributed by atoms with E-state index < -0.39 is 0 Å². The van der Waals surface area contributed by atoms with Crippen molar-refractivity contribution in [2.45, 2.75) is 16.2 Å². The lowest BCUT2D eigenvalue weighted by molar-refractivity contribution is -0.117. The maximum Gasteiger partial charge on any atom is 0.242 e. The molecule has 0 aliphatic rings. The van der Waals surface area contributed by atoms with Crippen LogP contribution in [0.1, 0.15) is 5.56 Å². The molecule has 0 bridgehead atoms. The molecule has 2 rings (SSSR count). The molecule has 0 heterocycles. The highest BCUT2D eigenvalue weighted by molar-refractivity contribution is 7.99. The molecule has 0 saturated carbocycles. The van der Waals surface area contributed by atoms with Crippen molar-refractivity contribution in [1.29, 1.82) is 0 Å². The van der Waals surface area contributed by atoms with Crippen LogP contribution in [0.25, 0.3) is 0 Å². The van der Waals surface area contributed by atoms with Gasteiger partial charge in [0.2, 0.25) is 5.84 Å². The molecule has 0 aliphatic carbocycles. The fourth-order valence-corrected chi connectivity index (χ4v) is 2.55. The average molecular weight is 243 g/mol. The van der Waals surface area contributed by atoms with E-state index in [-0.39, 0.29) is 0 Å². The van der Waals surface area contributed by atoms with Gasteiger partial charge in [-0.15, -0.1) is 0 Å². The van der Waals surface area contributed by atoms with E-state index >= 15 is 0 Å². The van der Waals surface area contributed by atoms with Gasteiger partial charge >= 0.3 is 0 Å². The third-order valence-electron chi connectivity index (χ3n) is 2.34. The van der Waals surface area contributed by atoms with Gasteiger partial charge in [0.05, 0.1) is 6.42 Å². The summed E-state index contributed by atoms with van der Waals surface area (Å²) >= 11 is 1.73. The van der Waals surface area contributed by atoms with E-state index in [1.807, 2.05) is 30.3 Å². The molecular weight excluding hydrogens is 228 g/mol. The molecule has 0 unspecified atom stereocenters. The fraction of sp³-hybridized carbons (Fsp3) is 0.0714. The Hall–Kier alpha value is -1.74.